The molecule has 0 saturated carbocycles. The minimum Gasteiger partial charge on any atom is -0.383 e. The number of rotatable bonds is 24. The maximum absolute atomic E-state index is 14.0. The predicted molar refractivity (Wildman–Crippen MR) is 182 cm³/mol. The second-order valence-electron chi connectivity index (χ2n) is 12.3. The molecule has 1 aromatic heterocycles. The van der Waals surface area contributed by atoms with E-state index < -0.39 is 37.0 Å². The number of aromatic nitrogens is 2. The monoisotopic (exact) mass is 655 g/mol. The minimum absolute atomic E-state index is 0.0269. The van der Waals surface area contributed by atoms with Crippen molar-refractivity contribution < 1.29 is 23.1 Å². The third kappa shape index (κ3) is 12.8. The van der Waals surface area contributed by atoms with Crippen molar-refractivity contribution in [1.29, 1.82) is 0 Å². The normalized spacial score (nSPS) is 22.8. The Bertz CT molecular complexity index is 1100. The molecule has 2 heterocycles. The highest BCUT2D eigenvalue weighted by Gasteiger charge is 2.52. The molecule has 0 aliphatic carbocycles. The summed E-state index contributed by atoms with van der Waals surface area (Å²) in [4.78, 5) is 16.9. The van der Waals surface area contributed by atoms with Gasteiger partial charge in [0, 0.05) is 6.20 Å². The van der Waals surface area contributed by atoms with Gasteiger partial charge in [0.15, 0.2) is 6.23 Å². The molecule has 0 spiro atoms. The van der Waals surface area contributed by atoms with Gasteiger partial charge in [0.1, 0.15) is 24.6 Å². The first kappa shape index (κ1) is 38.8. The maximum atomic E-state index is 14.0. The van der Waals surface area contributed by atoms with Crippen LogP contribution in [-0.4, -0.2) is 47.3 Å². The van der Waals surface area contributed by atoms with Crippen LogP contribution in [-0.2, 0) is 23.1 Å². The molecule has 0 radical (unpaired) electrons. The number of nitrogen functional groups attached to an aromatic ring is 1. The number of nitrogens with zero attached hydrogens (tertiary/aromatic N) is 2. The lowest BCUT2D eigenvalue weighted by molar-refractivity contribution is -0.0673. The summed E-state index contributed by atoms with van der Waals surface area (Å²) < 4.78 is 40.5. The van der Waals surface area contributed by atoms with Crippen LogP contribution in [0.5, 0.6) is 0 Å². The predicted octanol–water partition coefficient (Wildman–Crippen LogP) is 8.53. The number of hydrogen-bond acceptors (Lipinski definition) is 9. The average Bonchev–Trinajstić information content (AvgIpc) is 3.31. The van der Waals surface area contributed by atoms with Gasteiger partial charge in [0.2, 0.25) is 0 Å². The van der Waals surface area contributed by atoms with Crippen molar-refractivity contribution in [2.45, 2.75) is 149 Å². The molecule has 1 saturated heterocycles. The Labute approximate surface area is 270 Å². The largest absolute Gasteiger partial charge is 0.389 e. The lowest BCUT2D eigenvalue weighted by Gasteiger charge is -2.35. The topological polar surface area (TPSA) is 115 Å². The van der Waals surface area contributed by atoms with E-state index in [1.54, 1.807) is 18.5 Å². The lowest BCUT2D eigenvalue weighted by atomic mass is 9.75. The van der Waals surface area contributed by atoms with Crippen LogP contribution in [0.25, 0.3) is 0 Å². The molecule has 0 bridgehead atoms. The Balaban J connectivity index is 2.44. The van der Waals surface area contributed by atoms with E-state index in [9.17, 15) is 9.36 Å². The summed E-state index contributed by atoms with van der Waals surface area (Å²) >= 11 is 1.07. The quantitative estimate of drug-likeness (QED) is 0.0665. The van der Waals surface area contributed by atoms with Crippen LogP contribution in [0.15, 0.2) is 17.1 Å². The molecule has 2 N–H and O–H groups in total. The summed E-state index contributed by atoms with van der Waals surface area (Å²) in [5.41, 5.74) is 5.18. The number of terminal acetylenes is 1. The zero-order chi connectivity index (χ0) is 32.4. The number of nitrogens with two attached hydrogens (primary N) is 1. The number of hydrogen-bond donors (Lipinski definition) is 1. The Morgan fingerprint density at radius 1 is 1.05 bits per heavy atom. The van der Waals surface area contributed by atoms with E-state index >= 15 is 0 Å². The molecular weight excluding hydrogens is 597 g/mol. The fraction of sp³-hybridized carbons (Fsp3) is 0.818. The van der Waals surface area contributed by atoms with Gasteiger partial charge in [-0.05, 0) is 54.8 Å². The Hall–Kier alpha value is -1.34. The van der Waals surface area contributed by atoms with Crippen LogP contribution < -0.4 is 11.4 Å². The molecule has 0 amide bonds. The summed E-state index contributed by atoms with van der Waals surface area (Å²) in [6, 6.07) is 1.55. The third-order valence-corrected chi connectivity index (χ3v) is 11.8. The van der Waals surface area contributed by atoms with Crippen molar-refractivity contribution >= 4 is 24.0 Å². The fourth-order valence-electron chi connectivity index (χ4n) is 5.92. The van der Waals surface area contributed by atoms with Crippen LogP contribution in [0.1, 0.15) is 130 Å². The van der Waals surface area contributed by atoms with Gasteiger partial charge in [-0.3, -0.25) is 9.09 Å². The van der Waals surface area contributed by atoms with Gasteiger partial charge in [-0.1, -0.05) is 104 Å². The summed E-state index contributed by atoms with van der Waals surface area (Å²) in [6.07, 6.45) is 22.0. The Morgan fingerprint density at radius 3 is 2.27 bits per heavy atom. The van der Waals surface area contributed by atoms with E-state index in [0.717, 1.165) is 75.6 Å². The first-order valence-corrected chi connectivity index (χ1v) is 20.1. The van der Waals surface area contributed by atoms with E-state index in [2.05, 4.69) is 38.6 Å². The highest BCUT2D eigenvalue weighted by molar-refractivity contribution is 8.54. The van der Waals surface area contributed by atoms with Crippen molar-refractivity contribution in [3.63, 3.8) is 0 Å². The van der Waals surface area contributed by atoms with Crippen LogP contribution in [0.3, 0.4) is 0 Å². The van der Waals surface area contributed by atoms with Crippen molar-refractivity contribution in [3.8, 4) is 12.3 Å². The maximum Gasteiger partial charge on any atom is 0.389 e. The minimum atomic E-state index is -3.59. The van der Waals surface area contributed by atoms with Crippen molar-refractivity contribution in [2.24, 2.45) is 5.41 Å². The van der Waals surface area contributed by atoms with Gasteiger partial charge in [-0.2, -0.15) is 4.98 Å². The highest BCUT2D eigenvalue weighted by Crippen LogP contribution is 2.62. The molecule has 2 rings (SSSR count). The molecule has 9 nitrogen and oxygen atoms in total. The summed E-state index contributed by atoms with van der Waals surface area (Å²) in [7, 11) is 0. The number of anilines is 1. The molecule has 1 fully saturated rings. The molecule has 1 aliphatic rings. The van der Waals surface area contributed by atoms with E-state index in [4.69, 9.17) is 30.7 Å². The molecule has 6 atom stereocenters. The zero-order valence-corrected chi connectivity index (χ0v) is 29.5. The first-order valence-electron chi connectivity index (χ1n) is 16.7. The number of ether oxygens (including phenoxy) is 2. The SMILES string of the molecule is C#CCOC1C(OP(=O)(OCCCCCC)SC)C(CC(C)(CCCCC)CCCCCCC)OC1n1ccc(N)nc1=O. The summed E-state index contributed by atoms with van der Waals surface area (Å²) in [5.74, 6) is 2.64. The zero-order valence-electron chi connectivity index (χ0n) is 27.8. The van der Waals surface area contributed by atoms with Crippen molar-refractivity contribution in [3.05, 3.63) is 22.7 Å². The van der Waals surface area contributed by atoms with Gasteiger partial charge in [0.05, 0.1) is 12.7 Å². The molecule has 11 heteroatoms. The molecule has 1 aromatic rings. The summed E-state index contributed by atoms with van der Waals surface area (Å²) in [5, 5.41) is 0. The first-order chi connectivity index (χ1) is 21.2. The summed E-state index contributed by atoms with van der Waals surface area (Å²) in [6.45, 7) is 5.63. The molecule has 252 valence electrons. The van der Waals surface area contributed by atoms with Gasteiger partial charge < -0.3 is 19.7 Å². The Kier molecular flexibility index (Phi) is 18.3. The van der Waals surface area contributed by atoms with Gasteiger partial charge >= 0.3 is 12.5 Å². The van der Waals surface area contributed by atoms with Crippen molar-refractivity contribution in [2.75, 3.05) is 25.2 Å². The van der Waals surface area contributed by atoms with E-state index in [1.165, 1.54) is 30.3 Å². The molecule has 6 unspecified atom stereocenters. The molecule has 1 aliphatic heterocycles. The number of unbranched alkanes of at least 4 members (excludes halogenated alkanes) is 9. The van der Waals surface area contributed by atoms with Gasteiger partial charge in [-0.15, -0.1) is 6.42 Å². The van der Waals surface area contributed by atoms with E-state index in [1.807, 2.05) is 0 Å². The Morgan fingerprint density at radius 2 is 1.66 bits per heavy atom. The van der Waals surface area contributed by atoms with E-state index in [0.29, 0.717) is 13.0 Å². The highest BCUT2D eigenvalue weighted by atomic mass is 32.7. The van der Waals surface area contributed by atoms with Crippen LogP contribution >= 0.6 is 18.2 Å². The smallest absolute Gasteiger partial charge is 0.383 e. The van der Waals surface area contributed by atoms with Crippen molar-refractivity contribution in [1.82, 2.24) is 9.55 Å². The molecular formula is C33H58N3O6PS. The second-order valence-corrected chi connectivity index (χ2v) is 16.5. The molecule has 44 heavy (non-hydrogen) atoms. The van der Waals surface area contributed by atoms with Gasteiger partial charge in [0.25, 0.3) is 0 Å². The second kappa shape index (κ2) is 20.7. The third-order valence-electron chi connectivity index (χ3n) is 8.45. The fourth-order valence-corrected chi connectivity index (χ4v) is 8.17. The van der Waals surface area contributed by atoms with Crippen LogP contribution in [0.2, 0.25) is 0 Å². The molecule has 0 aromatic carbocycles. The van der Waals surface area contributed by atoms with Crippen LogP contribution in [0.4, 0.5) is 5.82 Å². The van der Waals surface area contributed by atoms with Crippen LogP contribution in [0, 0.1) is 17.8 Å². The lowest BCUT2D eigenvalue weighted by Crippen LogP contribution is -2.40. The van der Waals surface area contributed by atoms with E-state index in [-0.39, 0.29) is 17.8 Å². The average molecular weight is 656 g/mol. The standard InChI is InChI=1S/C33H58N3O6PS/c1-7-11-14-16-18-22-33(5,21-17-13-9-3)26-27-29(42-43(38,44-6)40-25-19-15-12-8-2)30(39-24-10-4)31(41-27)36-23-20-28(34)35-32(36)37/h4,20,23,27,29-31H,7-9,11-19,21-22,24-26H2,1-3,5-6H3,(H2,34,35,37). The van der Waals surface area contributed by atoms with Gasteiger partial charge in [-0.25, -0.2) is 9.36 Å².